The quantitative estimate of drug-likeness (QED) is 0.934. The first-order chi connectivity index (χ1) is 9.31. The summed E-state index contributed by atoms with van der Waals surface area (Å²) >= 11 is 6.28. The van der Waals surface area contributed by atoms with E-state index in [2.05, 4.69) is 21.4 Å². The van der Waals surface area contributed by atoms with Crippen LogP contribution < -0.4 is 5.32 Å². The Labute approximate surface area is 118 Å². The Hall–Kier alpha value is -1.45. The maximum absolute atomic E-state index is 6.28. The fraction of sp³-hybridized carbons (Fsp3) is 0.333. The standard InChI is InChI=1S/C15H16ClN3/c1-17-15(11-6-8-18-9-13(11)16)12-5-4-10-3-2-7-19-14(10)12/h2-3,6-9,12,15,17H,4-5H2,1H3. The maximum atomic E-state index is 6.28. The SMILES string of the molecule is CNC(c1ccncc1Cl)C1CCc2cccnc21. The van der Waals surface area contributed by atoms with Crippen molar-refractivity contribution in [2.75, 3.05) is 7.05 Å². The first-order valence-electron chi connectivity index (χ1n) is 6.51. The number of aryl methyl sites for hydroxylation is 1. The normalized spacial score (nSPS) is 19.2. The molecule has 1 N–H and O–H groups in total. The summed E-state index contributed by atoms with van der Waals surface area (Å²) in [5, 5.41) is 4.10. The Morgan fingerprint density at radius 3 is 3.05 bits per heavy atom. The molecule has 1 aliphatic rings. The molecule has 0 amide bonds. The lowest BCUT2D eigenvalue weighted by molar-refractivity contribution is 0.470. The summed E-state index contributed by atoms with van der Waals surface area (Å²) in [4.78, 5) is 8.62. The number of hydrogen-bond acceptors (Lipinski definition) is 3. The van der Waals surface area contributed by atoms with Gasteiger partial charge in [0.1, 0.15) is 0 Å². The van der Waals surface area contributed by atoms with E-state index in [0.717, 1.165) is 18.4 Å². The lowest BCUT2D eigenvalue weighted by atomic mass is 9.91. The minimum atomic E-state index is 0.187. The molecule has 1 aliphatic carbocycles. The van der Waals surface area contributed by atoms with Crippen molar-refractivity contribution in [3.63, 3.8) is 0 Å². The van der Waals surface area contributed by atoms with E-state index in [-0.39, 0.29) is 6.04 Å². The van der Waals surface area contributed by atoms with Gasteiger partial charge in [-0.1, -0.05) is 17.7 Å². The van der Waals surface area contributed by atoms with Crippen LogP contribution in [0.5, 0.6) is 0 Å². The molecule has 0 saturated carbocycles. The van der Waals surface area contributed by atoms with E-state index < -0.39 is 0 Å². The van der Waals surface area contributed by atoms with Crippen molar-refractivity contribution in [3.8, 4) is 0 Å². The number of nitrogens with one attached hydrogen (secondary N) is 1. The van der Waals surface area contributed by atoms with Crippen molar-refractivity contribution in [2.24, 2.45) is 0 Å². The molecule has 0 radical (unpaired) electrons. The zero-order valence-corrected chi connectivity index (χ0v) is 11.6. The minimum Gasteiger partial charge on any atom is -0.312 e. The van der Waals surface area contributed by atoms with Gasteiger partial charge in [-0.05, 0) is 43.1 Å². The van der Waals surface area contributed by atoms with Gasteiger partial charge in [0.05, 0.1) is 5.02 Å². The summed E-state index contributed by atoms with van der Waals surface area (Å²) in [6, 6.07) is 6.36. The average molecular weight is 274 g/mol. The molecule has 0 aliphatic heterocycles. The van der Waals surface area contributed by atoms with Gasteiger partial charge in [-0.3, -0.25) is 9.97 Å². The molecule has 2 heterocycles. The van der Waals surface area contributed by atoms with Crippen molar-refractivity contribution in [1.29, 1.82) is 0 Å². The van der Waals surface area contributed by atoms with Gasteiger partial charge in [0.15, 0.2) is 0 Å². The number of halogens is 1. The van der Waals surface area contributed by atoms with Crippen molar-refractivity contribution in [3.05, 3.63) is 58.6 Å². The van der Waals surface area contributed by atoms with Crippen LogP contribution in [-0.4, -0.2) is 17.0 Å². The maximum Gasteiger partial charge on any atom is 0.0637 e. The number of hydrogen-bond donors (Lipinski definition) is 1. The molecular weight excluding hydrogens is 258 g/mol. The second-order valence-electron chi connectivity index (χ2n) is 4.86. The number of nitrogens with zero attached hydrogens (tertiary/aromatic N) is 2. The molecule has 2 aromatic heterocycles. The van der Waals surface area contributed by atoms with E-state index >= 15 is 0 Å². The van der Waals surface area contributed by atoms with Crippen LogP contribution in [0.3, 0.4) is 0 Å². The zero-order valence-electron chi connectivity index (χ0n) is 10.8. The molecule has 98 valence electrons. The molecule has 0 bridgehead atoms. The summed E-state index contributed by atoms with van der Waals surface area (Å²) in [5.41, 5.74) is 3.66. The van der Waals surface area contributed by atoms with Gasteiger partial charge in [-0.15, -0.1) is 0 Å². The van der Waals surface area contributed by atoms with Crippen LogP contribution in [0.1, 0.15) is 35.2 Å². The van der Waals surface area contributed by atoms with Gasteiger partial charge in [0, 0.05) is 36.2 Å². The van der Waals surface area contributed by atoms with Crippen LogP contribution in [-0.2, 0) is 6.42 Å². The third-order valence-corrected chi connectivity index (χ3v) is 4.17. The highest BCUT2D eigenvalue weighted by Gasteiger charge is 2.31. The summed E-state index contributed by atoms with van der Waals surface area (Å²) in [5.74, 6) is 0.376. The predicted octanol–water partition coefficient (Wildman–Crippen LogP) is 3.12. The van der Waals surface area contributed by atoms with Crippen LogP contribution in [0.15, 0.2) is 36.8 Å². The molecule has 3 rings (SSSR count). The van der Waals surface area contributed by atoms with E-state index in [9.17, 15) is 0 Å². The van der Waals surface area contributed by atoms with Crippen LogP contribution in [0.25, 0.3) is 0 Å². The number of fused-ring (bicyclic) bond motifs is 1. The molecule has 0 fully saturated rings. The molecule has 19 heavy (non-hydrogen) atoms. The van der Waals surface area contributed by atoms with Gasteiger partial charge in [-0.25, -0.2) is 0 Å². The molecule has 0 saturated heterocycles. The molecule has 2 unspecified atom stereocenters. The zero-order chi connectivity index (χ0) is 13.2. The first kappa shape index (κ1) is 12.6. The largest absolute Gasteiger partial charge is 0.312 e. The van der Waals surface area contributed by atoms with Crippen LogP contribution in [0, 0.1) is 0 Å². The smallest absolute Gasteiger partial charge is 0.0637 e. The third-order valence-electron chi connectivity index (χ3n) is 3.85. The highest BCUT2D eigenvalue weighted by atomic mass is 35.5. The predicted molar refractivity (Wildman–Crippen MR) is 76.3 cm³/mol. The molecule has 0 aromatic carbocycles. The summed E-state index contributed by atoms with van der Waals surface area (Å²) < 4.78 is 0. The van der Waals surface area contributed by atoms with Gasteiger partial charge in [0.2, 0.25) is 0 Å². The fourth-order valence-corrected chi connectivity index (χ4v) is 3.22. The van der Waals surface area contributed by atoms with Gasteiger partial charge < -0.3 is 5.32 Å². The number of likely N-dealkylation sites (N-methyl/N-ethyl adjacent to an activating group) is 1. The summed E-state index contributed by atoms with van der Waals surface area (Å²) in [6.45, 7) is 0. The lowest BCUT2D eigenvalue weighted by Gasteiger charge is -2.24. The van der Waals surface area contributed by atoms with E-state index in [1.54, 1.807) is 12.4 Å². The van der Waals surface area contributed by atoms with E-state index in [0.29, 0.717) is 10.9 Å². The number of pyridine rings is 2. The topological polar surface area (TPSA) is 37.8 Å². The molecule has 2 atom stereocenters. The second-order valence-corrected chi connectivity index (χ2v) is 5.26. The Kier molecular flexibility index (Phi) is 3.49. The third kappa shape index (κ3) is 2.24. The number of aromatic nitrogens is 2. The fourth-order valence-electron chi connectivity index (χ4n) is 2.98. The Morgan fingerprint density at radius 2 is 2.26 bits per heavy atom. The second kappa shape index (κ2) is 5.27. The first-order valence-corrected chi connectivity index (χ1v) is 6.89. The summed E-state index contributed by atoms with van der Waals surface area (Å²) in [7, 11) is 1.97. The van der Waals surface area contributed by atoms with E-state index in [4.69, 9.17) is 11.6 Å². The lowest BCUT2D eigenvalue weighted by Crippen LogP contribution is -2.23. The molecule has 3 nitrogen and oxygen atoms in total. The molecule has 2 aromatic rings. The monoisotopic (exact) mass is 273 g/mol. The van der Waals surface area contributed by atoms with Crippen molar-refractivity contribution in [2.45, 2.75) is 24.8 Å². The Balaban J connectivity index is 1.99. The average Bonchev–Trinajstić information content (AvgIpc) is 2.86. The number of rotatable bonds is 3. The summed E-state index contributed by atoms with van der Waals surface area (Å²) in [6.07, 6.45) is 7.57. The molecular formula is C15H16ClN3. The van der Waals surface area contributed by atoms with Gasteiger partial charge in [-0.2, -0.15) is 0 Å². The highest BCUT2D eigenvalue weighted by Crippen LogP contribution is 2.41. The van der Waals surface area contributed by atoms with Crippen molar-refractivity contribution >= 4 is 11.6 Å². The molecule has 0 spiro atoms. The Bertz CT molecular complexity index is 585. The van der Waals surface area contributed by atoms with Crippen LogP contribution in [0.4, 0.5) is 0 Å². The van der Waals surface area contributed by atoms with E-state index in [1.165, 1.54) is 11.3 Å². The minimum absolute atomic E-state index is 0.187. The van der Waals surface area contributed by atoms with Crippen LogP contribution in [0.2, 0.25) is 5.02 Å². The van der Waals surface area contributed by atoms with Crippen molar-refractivity contribution < 1.29 is 0 Å². The van der Waals surface area contributed by atoms with Crippen molar-refractivity contribution in [1.82, 2.24) is 15.3 Å². The van der Waals surface area contributed by atoms with Gasteiger partial charge >= 0.3 is 0 Å². The van der Waals surface area contributed by atoms with E-state index in [1.807, 2.05) is 25.4 Å². The van der Waals surface area contributed by atoms with Gasteiger partial charge in [0.25, 0.3) is 0 Å². The van der Waals surface area contributed by atoms with Crippen LogP contribution >= 0.6 is 11.6 Å². The molecule has 4 heteroatoms. The highest BCUT2D eigenvalue weighted by molar-refractivity contribution is 6.31. The Morgan fingerprint density at radius 1 is 1.37 bits per heavy atom.